The second kappa shape index (κ2) is 6.48. The van der Waals surface area contributed by atoms with Gasteiger partial charge in [0.15, 0.2) is 0 Å². The average molecular weight is 319 g/mol. The number of carbonyl (C=O) groups is 1. The summed E-state index contributed by atoms with van der Waals surface area (Å²) in [4.78, 5) is 16.5. The fraction of sp³-hybridized carbons (Fsp3) is 0.200. The van der Waals surface area contributed by atoms with Crippen LogP contribution in [0, 0.1) is 0 Å². The lowest BCUT2D eigenvalue weighted by Gasteiger charge is -2.11. The van der Waals surface area contributed by atoms with Crippen molar-refractivity contribution in [3.05, 3.63) is 58.3 Å². The zero-order chi connectivity index (χ0) is 13.7. The lowest BCUT2D eigenvalue weighted by atomic mass is 10.1. The summed E-state index contributed by atoms with van der Waals surface area (Å²) in [6.45, 7) is 2.09. The predicted octanol–water partition coefficient (Wildman–Crippen LogP) is 4.05. The number of aryl methyl sites for hydroxylation is 1. The molecule has 0 atom stereocenters. The summed E-state index contributed by atoms with van der Waals surface area (Å²) in [5.74, 6) is -0.119. The molecule has 0 radical (unpaired) electrons. The zero-order valence-corrected chi connectivity index (χ0v) is 12.3. The summed E-state index contributed by atoms with van der Waals surface area (Å²) in [6, 6.07) is 11.0. The molecule has 0 aliphatic carbocycles. The number of amides is 1. The van der Waals surface area contributed by atoms with Gasteiger partial charge in [-0.25, -0.2) is 0 Å². The third-order valence-corrected chi connectivity index (χ3v) is 3.40. The minimum absolute atomic E-state index is 0.119. The van der Waals surface area contributed by atoms with Gasteiger partial charge in [0.2, 0.25) is 0 Å². The van der Waals surface area contributed by atoms with Crippen LogP contribution in [0.15, 0.2) is 47.1 Å². The minimum Gasteiger partial charge on any atom is -0.319 e. The minimum atomic E-state index is -0.119. The lowest BCUT2D eigenvalue weighted by Crippen LogP contribution is -2.14. The normalized spacial score (nSPS) is 10.2. The van der Waals surface area contributed by atoms with Gasteiger partial charge in [-0.1, -0.05) is 31.5 Å². The summed E-state index contributed by atoms with van der Waals surface area (Å²) < 4.78 is 0.857. The number of nitrogens with zero attached hydrogens (tertiary/aromatic N) is 1. The van der Waals surface area contributed by atoms with E-state index in [-0.39, 0.29) is 5.91 Å². The van der Waals surface area contributed by atoms with Crippen molar-refractivity contribution in [2.24, 2.45) is 0 Å². The molecule has 0 saturated heterocycles. The van der Waals surface area contributed by atoms with Crippen molar-refractivity contribution < 1.29 is 4.79 Å². The van der Waals surface area contributed by atoms with Crippen LogP contribution in [0.1, 0.15) is 29.4 Å². The molecule has 1 aromatic carbocycles. The van der Waals surface area contributed by atoms with Crippen LogP contribution in [0.25, 0.3) is 0 Å². The molecule has 19 heavy (non-hydrogen) atoms. The largest absolute Gasteiger partial charge is 0.319 e. The molecule has 1 amide bonds. The van der Waals surface area contributed by atoms with Gasteiger partial charge in [0, 0.05) is 16.2 Å². The van der Waals surface area contributed by atoms with E-state index in [0.717, 1.165) is 28.7 Å². The first kappa shape index (κ1) is 13.7. The maximum absolute atomic E-state index is 12.2. The molecule has 2 aromatic rings. The van der Waals surface area contributed by atoms with Gasteiger partial charge in [-0.2, -0.15) is 0 Å². The van der Waals surface area contributed by atoms with Gasteiger partial charge < -0.3 is 5.32 Å². The quantitative estimate of drug-likeness (QED) is 0.924. The van der Waals surface area contributed by atoms with Crippen molar-refractivity contribution >= 4 is 27.5 Å². The van der Waals surface area contributed by atoms with Gasteiger partial charge in [0.05, 0.1) is 11.4 Å². The Balaban J connectivity index is 2.26. The molecule has 2 rings (SSSR count). The van der Waals surface area contributed by atoms with Crippen LogP contribution >= 0.6 is 15.9 Å². The van der Waals surface area contributed by atoms with Crippen LogP contribution in [-0.4, -0.2) is 10.9 Å². The van der Waals surface area contributed by atoms with Gasteiger partial charge >= 0.3 is 0 Å². The summed E-state index contributed by atoms with van der Waals surface area (Å²) in [6.07, 6.45) is 3.56. The number of hydrogen-bond donors (Lipinski definition) is 1. The van der Waals surface area contributed by atoms with Crippen LogP contribution in [0.3, 0.4) is 0 Å². The smallest absolute Gasteiger partial charge is 0.255 e. The van der Waals surface area contributed by atoms with Crippen molar-refractivity contribution in [1.29, 1.82) is 0 Å². The zero-order valence-electron chi connectivity index (χ0n) is 10.7. The third kappa shape index (κ3) is 3.41. The Morgan fingerprint density at radius 2 is 2.00 bits per heavy atom. The van der Waals surface area contributed by atoms with E-state index in [0.29, 0.717) is 5.56 Å². The molecule has 0 bridgehead atoms. The molecule has 0 saturated carbocycles. The molecule has 0 spiro atoms. The molecule has 98 valence electrons. The monoisotopic (exact) mass is 318 g/mol. The Hall–Kier alpha value is -1.68. The maximum atomic E-state index is 12.2. The Morgan fingerprint density at radius 3 is 2.68 bits per heavy atom. The first-order valence-corrected chi connectivity index (χ1v) is 7.01. The first-order valence-electron chi connectivity index (χ1n) is 6.22. The second-order valence-electron chi connectivity index (χ2n) is 4.18. The van der Waals surface area contributed by atoms with Crippen LogP contribution in [0.2, 0.25) is 0 Å². The molecule has 1 heterocycles. The molecule has 0 aliphatic heterocycles. The standard InChI is InChI=1S/C15H15BrN2O/c1-2-6-13-14(12(16)9-10-17-13)18-15(19)11-7-4-3-5-8-11/h3-5,7-10H,2,6H2,1H3,(H,18,19). The molecular formula is C15H15BrN2O. The summed E-state index contributed by atoms with van der Waals surface area (Å²) in [5.41, 5.74) is 2.31. The van der Waals surface area contributed by atoms with Gasteiger partial charge in [0.25, 0.3) is 5.91 Å². The predicted molar refractivity (Wildman–Crippen MR) is 80.3 cm³/mol. The summed E-state index contributed by atoms with van der Waals surface area (Å²) >= 11 is 3.46. The highest BCUT2D eigenvalue weighted by atomic mass is 79.9. The maximum Gasteiger partial charge on any atom is 0.255 e. The van der Waals surface area contributed by atoms with E-state index < -0.39 is 0 Å². The van der Waals surface area contributed by atoms with Crippen LogP contribution < -0.4 is 5.32 Å². The fourth-order valence-electron chi connectivity index (χ4n) is 1.81. The van der Waals surface area contributed by atoms with Crippen molar-refractivity contribution in [1.82, 2.24) is 4.98 Å². The number of rotatable bonds is 4. The number of nitrogens with one attached hydrogen (secondary N) is 1. The molecule has 0 aliphatic rings. The SMILES string of the molecule is CCCc1nccc(Br)c1NC(=O)c1ccccc1. The molecule has 3 nitrogen and oxygen atoms in total. The topological polar surface area (TPSA) is 42.0 Å². The second-order valence-corrected chi connectivity index (χ2v) is 5.04. The number of hydrogen-bond acceptors (Lipinski definition) is 2. The van der Waals surface area contributed by atoms with Gasteiger partial charge in [0.1, 0.15) is 0 Å². The highest BCUT2D eigenvalue weighted by molar-refractivity contribution is 9.10. The van der Waals surface area contributed by atoms with E-state index in [1.165, 1.54) is 0 Å². The number of anilines is 1. The van der Waals surface area contributed by atoms with E-state index in [4.69, 9.17) is 0 Å². The van der Waals surface area contributed by atoms with Crippen molar-refractivity contribution in [3.8, 4) is 0 Å². The summed E-state index contributed by atoms with van der Waals surface area (Å²) in [7, 11) is 0. The average Bonchev–Trinajstić information content (AvgIpc) is 2.44. The number of aromatic nitrogens is 1. The van der Waals surface area contributed by atoms with Crippen molar-refractivity contribution in [3.63, 3.8) is 0 Å². The van der Waals surface area contributed by atoms with Crippen LogP contribution in [0.5, 0.6) is 0 Å². The first-order chi connectivity index (χ1) is 9.22. The number of benzene rings is 1. The molecule has 0 unspecified atom stereocenters. The van der Waals surface area contributed by atoms with E-state index >= 15 is 0 Å². The van der Waals surface area contributed by atoms with Crippen molar-refractivity contribution in [2.45, 2.75) is 19.8 Å². The van der Waals surface area contributed by atoms with Gasteiger partial charge in [-0.15, -0.1) is 0 Å². The number of halogens is 1. The van der Waals surface area contributed by atoms with Crippen molar-refractivity contribution in [2.75, 3.05) is 5.32 Å². The molecule has 0 fully saturated rings. The Morgan fingerprint density at radius 1 is 1.26 bits per heavy atom. The van der Waals surface area contributed by atoms with E-state index in [2.05, 4.69) is 33.2 Å². The Labute approximate surface area is 121 Å². The van der Waals surface area contributed by atoms with Crippen LogP contribution in [0.4, 0.5) is 5.69 Å². The number of carbonyl (C=O) groups excluding carboxylic acids is 1. The Bertz CT molecular complexity index is 570. The lowest BCUT2D eigenvalue weighted by molar-refractivity contribution is 0.102. The van der Waals surface area contributed by atoms with E-state index in [1.54, 1.807) is 18.3 Å². The fourth-order valence-corrected chi connectivity index (χ4v) is 2.26. The van der Waals surface area contributed by atoms with Crippen LogP contribution in [-0.2, 0) is 6.42 Å². The van der Waals surface area contributed by atoms with E-state index in [9.17, 15) is 4.79 Å². The van der Waals surface area contributed by atoms with Gasteiger partial charge in [-0.05, 0) is 40.5 Å². The molecule has 1 N–H and O–H groups in total. The molecule has 1 aromatic heterocycles. The highest BCUT2D eigenvalue weighted by Crippen LogP contribution is 2.26. The number of pyridine rings is 1. The van der Waals surface area contributed by atoms with E-state index in [1.807, 2.05) is 24.3 Å². The van der Waals surface area contributed by atoms with Gasteiger partial charge in [-0.3, -0.25) is 9.78 Å². The summed E-state index contributed by atoms with van der Waals surface area (Å²) in [5, 5.41) is 2.93. The molecular weight excluding hydrogens is 304 g/mol. The highest BCUT2D eigenvalue weighted by Gasteiger charge is 2.12. The Kier molecular flexibility index (Phi) is 4.68. The third-order valence-electron chi connectivity index (χ3n) is 2.74. The molecule has 4 heteroatoms.